The minimum absolute atomic E-state index is 0.0493. The summed E-state index contributed by atoms with van der Waals surface area (Å²) in [6.07, 6.45) is 0. The first-order valence-electron chi connectivity index (χ1n) is 8.58. The molecule has 0 spiro atoms. The van der Waals surface area contributed by atoms with Crippen LogP contribution in [-0.4, -0.2) is 17.9 Å². The summed E-state index contributed by atoms with van der Waals surface area (Å²) in [4.78, 5) is 22.9. The second-order valence-corrected chi connectivity index (χ2v) is 6.88. The monoisotopic (exact) mass is 456 g/mol. The molecule has 0 fully saturated rings. The van der Waals surface area contributed by atoms with Crippen LogP contribution in [0.5, 0.6) is 11.5 Å². The van der Waals surface area contributed by atoms with Gasteiger partial charge in [-0.3, -0.25) is 14.9 Å². The van der Waals surface area contributed by atoms with E-state index in [1.165, 1.54) is 31.4 Å². The Balaban J connectivity index is 1.80. The second-order valence-electron chi connectivity index (χ2n) is 6.02. The zero-order chi connectivity index (χ0) is 20.8. The lowest BCUT2D eigenvalue weighted by Gasteiger charge is -2.14. The van der Waals surface area contributed by atoms with Crippen LogP contribution >= 0.6 is 15.9 Å². The molecule has 148 valence electrons. The van der Waals surface area contributed by atoms with Crippen LogP contribution in [0, 0.1) is 10.1 Å². The van der Waals surface area contributed by atoms with Crippen molar-refractivity contribution >= 4 is 33.2 Å². The Morgan fingerprint density at radius 1 is 1.10 bits per heavy atom. The van der Waals surface area contributed by atoms with Crippen LogP contribution < -0.4 is 14.8 Å². The molecule has 8 heteroatoms. The molecule has 1 N–H and O–H groups in total. The normalized spacial score (nSPS) is 10.3. The fourth-order valence-corrected chi connectivity index (χ4v) is 3.21. The predicted molar refractivity (Wildman–Crippen MR) is 113 cm³/mol. The number of rotatable bonds is 7. The molecule has 0 saturated heterocycles. The van der Waals surface area contributed by atoms with Crippen molar-refractivity contribution < 1.29 is 19.2 Å². The highest BCUT2D eigenvalue weighted by Gasteiger charge is 2.16. The van der Waals surface area contributed by atoms with E-state index in [1.807, 2.05) is 30.3 Å². The molecule has 0 heterocycles. The van der Waals surface area contributed by atoms with Crippen molar-refractivity contribution in [3.05, 3.63) is 92.4 Å². The molecule has 0 aliphatic carbocycles. The van der Waals surface area contributed by atoms with Crippen molar-refractivity contribution in [1.29, 1.82) is 0 Å². The molecule has 0 unspecified atom stereocenters. The number of anilines is 1. The molecule has 1 amide bonds. The molecular weight excluding hydrogens is 440 g/mol. The van der Waals surface area contributed by atoms with Gasteiger partial charge in [0.05, 0.1) is 16.5 Å². The van der Waals surface area contributed by atoms with Crippen LogP contribution in [-0.2, 0) is 6.61 Å². The summed E-state index contributed by atoms with van der Waals surface area (Å²) in [7, 11) is 1.52. The summed E-state index contributed by atoms with van der Waals surface area (Å²) >= 11 is 3.40. The average molecular weight is 457 g/mol. The molecule has 29 heavy (non-hydrogen) atoms. The van der Waals surface area contributed by atoms with Gasteiger partial charge in [0.25, 0.3) is 11.6 Å². The van der Waals surface area contributed by atoms with E-state index in [1.54, 1.807) is 12.1 Å². The smallest absolute Gasteiger partial charge is 0.269 e. The zero-order valence-corrected chi connectivity index (χ0v) is 17.0. The van der Waals surface area contributed by atoms with Gasteiger partial charge in [-0.15, -0.1) is 0 Å². The number of nitro benzene ring substituents is 1. The molecule has 0 bridgehead atoms. The standard InChI is InChI=1S/C21H17BrN2O5/c1-28-20-18(22)11-15(12-19(20)29-13-14-5-3-2-4-6-14)21(25)23-16-7-9-17(10-8-16)24(26)27/h2-12H,13H2,1H3,(H,23,25). The van der Waals surface area contributed by atoms with E-state index < -0.39 is 4.92 Å². The summed E-state index contributed by atoms with van der Waals surface area (Å²) in [5.74, 6) is 0.513. The highest BCUT2D eigenvalue weighted by molar-refractivity contribution is 9.10. The number of hydrogen-bond acceptors (Lipinski definition) is 5. The maximum Gasteiger partial charge on any atom is 0.269 e. The Hall–Kier alpha value is -3.39. The lowest BCUT2D eigenvalue weighted by atomic mass is 10.1. The molecule has 7 nitrogen and oxygen atoms in total. The third kappa shape index (κ3) is 5.11. The largest absolute Gasteiger partial charge is 0.492 e. The average Bonchev–Trinajstić information content (AvgIpc) is 2.73. The lowest BCUT2D eigenvalue weighted by molar-refractivity contribution is -0.384. The van der Waals surface area contributed by atoms with Gasteiger partial charge in [0.2, 0.25) is 0 Å². The molecule has 3 rings (SSSR count). The maximum atomic E-state index is 12.6. The van der Waals surface area contributed by atoms with E-state index in [2.05, 4.69) is 21.2 Å². The van der Waals surface area contributed by atoms with Gasteiger partial charge in [0, 0.05) is 23.4 Å². The summed E-state index contributed by atoms with van der Waals surface area (Å²) in [6, 6.07) is 18.4. The number of ether oxygens (including phenoxy) is 2. The molecule has 0 aliphatic rings. The number of nitro groups is 1. The Morgan fingerprint density at radius 2 is 1.79 bits per heavy atom. The van der Waals surface area contributed by atoms with E-state index in [9.17, 15) is 14.9 Å². The number of carbonyl (C=O) groups is 1. The summed E-state index contributed by atoms with van der Waals surface area (Å²) in [6.45, 7) is 0.317. The van der Waals surface area contributed by atoms with Crippen molar-refractivity contribution in [2.24, 2.45) is 0 Å². The van der Waals surface area contributed by atoms with Crippen LogP contribution in [0.2, 0.25) is 0 Å². The van der Waals surface area contributed by atoms with E-state index in [-0.39, 0.29) is 11.6 Å². The van der Waals surface area contributed by atoms with Crippen LogP contribution in [0.1, 0.15) is 15.9 Å². The van der Waals surface area contributed by atoms with Gasteiger partial charge in [0.15, 0.2) is 11.5 Å². The predicted octanol–water partition coefficient (Wildman–Crippen LogP) is 5.20. The minimum atomic E-state index is -0.497. The Kier molecular flexibility index (Phi) is 6.46. The van der Waals surface area contributed by atoms with Crippen LogP contribution in [0.15, 0.2) is 71.2 Å². The number of carbonyl (C=O) groups excluding carboxylic acids is 1. The Bertz CT molecular complexity index is 1020. The van der Waals surface area contributed by atoms with Crippen molar-refractivity contribution in [1.82, 2.24) is 0 Å². The quantitative estimate of drug-likeness (QED) is 0.389. The molecule has 3 aromatic rings. The third-order valence-electron chi connectivity index (χ3n) is 4.05. The van der Waals surface area contributed by atoms with Gasteiger partial charge in [-0.25, -0.2) is 0 Å². The number of amides is 1. The summed E-state index contributed by atoms with van der Waals surface area (Å²) < 4.78 is 11.8. The minimum Gasteiger partial charge on any atom is -0.492 e. The molecule has 0 aromatic heterocycles. The van der Waals surface area contributed by atoms with E-state index in [0.29, 0.717) is 33.8 Å². The van der Waals surface area contributed by atoms with Crippen molar-refractivity contribution in [3.8, 4) is 11.5 Å². The van der Waals surface area contributed by atoms with Gasteiger partial charge in [-0.05, 0) is 45.8 Å². The fraction of sp³-hybridized carbons (Fsp3) is 0.0952. The molecule has 0 radical (unpaired) electrons. The highest BCUT2D eigenvalue weighted by atomic mass is 79.9. The molecule has 3 aromatic carbocycles. The van der Waals surface area contributed by atoms with Crippen molar-refractivity contribution in [2.75, 3.05) is 12.4 Å². The first-order valence-corrected chi connectivity index (χ1v) is 9.37. The summed E-state index contributed by atoms with van der Waals surface area (Å²) in [5, 5.41) is 13.5. The first kappa shape index (κ1) is 20.3. The molecular formula is C21H17BrN2O5. The van der Waals surface area contributed by atoms with Gasteiger partial charge >= 0.3 is 0 Å². The number of methoxy groups -OCH3 is 1. The molecule has 0 atom stereocenters. The summed E-state index contributed by atoms with van der Waals surface area (Å²) in [5.41, 5.74) is 1.72. The zero-order valence-electron chi connectivity index (χ0n) is 15.4. The topological polar surface area (TPSA) is 90.7 Å². The number of non-ortho nitro benzene ring substituents is 1. The number of halogens is 1. The van der Waals surface area contributed by atoms with Crippen molar-refractivity contribution in [3.63, 3.8) is 0 Å². The second kappa shape index (κ2) is 9.20. The highest BCUT2D eigenvalue weighted by Crippen LogP contribution is 2.37. The van der Waals surface area contributed by atoms with Crippen LogP contribution in [0.4, 0.5) is 11.4 Å². The van der Waals surface area contributed by atoms with Gasteiger partial charge < -0.3 is 14.8 Å². The first-order chi connectivity index (χ1) is 14.0. The van der Waals surface area contributed by atoms with E-state index >= 15 is 0 Å². The maximum absolute atomic E-state index is 12.6. The Labute approximate surface area is 175 Å². The number of nitrogens with zero attached hydrogens (tertiary/aromatic N) is 1. The molecule has 0 aliphatic heterocycles. The van der Waals surface area contributed by atoms with E-state index in [0.717, 1.165) is 5.56 Å². The van der Waals surface area contributed by atoms with Gasteiger partial charge in [-0.1, -0.05) is 30.3 Å². The Morgan fingerprint density at radius 3 is 2.41 bits per heavy atom. The SMILES string of the molecule is COc1c(Br)cc(C(=O)Nc2ccc([N+](=O)[O-])cc2)cc1OCc1ccccc1. The van der Waals surface area contributed by atoms with E-state index in [4.69, 9.17) is 9.47 Å². The molecule has 0 saturated carbocycles. The van der Waals surface area contributed by atoms with Crippen LogP contribution in [0.25, 0.3) is 0 Å². The van der Waals surface area contributed by atoms with Crippen LogP contribution in [0.3, 0.4) is 0 Å². The number of hydrogen-bond donors (Lipinski definition) is 1. The van der Waals surface area contributed by atoms with Gasteiger partial charge in [0.1, 0.15) is 6.61 Å². The fourth-order valence-electron chi connectivity index (χ4n) is 2.61. The van der Waals surface area contributed by atoms with Crippen molar-refractivity contribution in [2.45, 2.75) is 6.61 Å². The number of benzene rings is 3. The number of nitrogens with one attached hydrogen (secondary N) is 1. The lowest BCUT2D eigenvalue weighted by Crippen LogP contribution is -2.12. The van der Waals surface area contributed by atoms with Gasteiger partial charge in [-0.2, -0.15) is 0 Å². The third-order valence-corrected chi connectivity index (χ3v) is 4.64.